The van der Waals surface area contributed by atoms with E-state index in [0.717, 1.165) is 11.9 Å². The summed E-state index contributed by atoms with van der Waals surface area (Å²) in [6.07, 6.45) is 1.14. The van der Waals surface area contributed by atoms with Crippen molar-refractivity contribution in [1.29, 1.82) is 0 Å². The number of rotatable bonds is 7. The molecule has 5 nitrogen and oxygen atoms in total. The summed E-state index contributed by atoms with van der Waals surface area (Å²) in [5.74, 6) is 0.105. The second-order valence-corrected chi connectivity index (χ2v) is 8.38. The first-order valence-electron chi connectivity index (χ1n) is 8.17. The standard InChI is InChI=1S/C19H24N2O3S/c1-14(2)18(21-16-7-5-4-6-8-16)13-20-19(22)15-9-11-17(12-10-15)25(3,23)24/h4-12,14,18,21H,13H2,1-3H3,(H,20,22)/t18-/m0/s1. The first-order chi connectivity index (χ1) is 11.8. The van der Waals surface area contributed by atoms with Gasteiger partial charge in [0.2, 0.25) is 0 Å². The molecule has 0 aliphatic rings. The van der Waals surface area contributed by atoms with Crippen molar-refractivity contribution >= 4 is 21.4 Å². The smallest absolute Gasteiger partial charge is 0.251 e. The Hall–Kier alpha value is -2.34. The Labute approximate surface area is 149 Å². The zero-order valence-corrected chi connectivity index (χ0v) is 15.5. The van der Waals surface area contributed by atoms with Gasteiger partial charge in [0.25, 0.3) is 5.91 Å². The summed E-state index contributed by atoms with van der Waals surface area (Å²) < 4.78 is 22.9. The van der Waals surface area contributed by atoms with Gasteiger partial charge in [0.1, 0.15) is 0 Å². The minimum atomic E-state index is -3.26. The maximum atomic E-state index is 12.3. The van der Waals surface area contributed by atoms with Gasteiger partial charge >= 0.3 is 0 Å². The summed E-state index contributed by atoms with van der Waals surface area (Å²) in [5, 5.41) is 6.33. The van der Waals surface area contributed by atoms with Crippen molar-refractivity contribution < 1.29 is 13.2 Å². The second kappa shape index (κ2) is 8.16. The number of nitrogens with one attached hydrogen (secondary N) is 2. The minimum absolute atomic E-state index is 0.0849. The Morgan fingerprint density at radius 3 is 2.12 bits per heavy atom. The van der Waals surface area contributed by atoms with E-state index >= 15 is 0 Å². The normalized spacial score (nSPS) is 12.6. The fourth-order valence-corrected chi connectivity index (χ4v) is 2.99. The van der Waals surface area contributed by atoms with E-state index in [4.69, 9.17) is 0 Å². The highest BCUT2D eigenvalue weighted by Gasteiger charge is 2.15. The lowest BCUT2D eigenvalue weighted by molar-refractivity contribution is 0.0950. The summed E-state index contributed by atoms with van der Waals surface area (Å²) in [7, 11) is -3.26. The van der Waals surface area contributed by atoms with E-state index in [1.165, 1.54) is 24.3 Å². The lowest BCUT2D eigenvalue weighted by Crippen LogP contribution is -2.39. The minimum Gasteiger partial charge on any atom is -0.380 e. The van der Waals surface area contributed by atoms with E-state index in [1.54, 1.807) is 0 Å². The Balaban J connectivity index is 1.99. The van der Waals surface area contributed by atoms with Gasteiger partial charge in [-0.25, -0.2) is 8.42 Å². The van der Waals surface area contributed by atoms with E-state index in [2.05, 4.69) is 24.5 Å². The molecule has 0 unspecified atom stereocenters. The molecular weight excluding hydrogens is 336 g/mol. The molecule has 0 fully saturated rings. The fourth-order valence-electron chi connectivity index (χ4n) is 2.36. The van der Waals surface area contributed by atoms with Crippen molar-refractivity contribution in [1.82, 2.24) is 5.32 Å². The van der Waals surface area contributed by atoms with Crippen molar-refractivity contribution in [2.45, 2.75) is 24.8 Å². The Kier molecular flexibility index (Phi) is 6.20. The van der Waals surface area contributed by atoms with Crippen LogP contribution in [0.5, 0.6) is 0 Å². The number of amides is 1. The summed E-state index contributed by atoms with van der Waals surface area (Å²) in [6.45, 7) is 4.65. The van der Waals surface area contributed by atoms with E-state index in [1.807, 2.05) is 30.3 Å². The van der Waals surface area contributed by atoms with Crippen LogP contribution in [0.25, 0.3) is 0 Å². The molecule has 0 saturated heterocycles. The Morgan fingerprint density at radius 2 is 1.60 bits per heavy atom. The number of hydrogen-bond donors (Lipinski definition) is 2. The second-order valence-electron chi connectivity index (χ2n) is 6.37. The SMILES string of the molecule is CC(C)[C@H](CNC(=O)c1ccc(S(C)(=O)=O)cc1)Nc1ccccc1. The summed E-state index contributed by atoms with van der Waals surface area (Å²) in [4.78, 5) is 12.5. The average Bonchev–Trinajstić information content (AvgIpc) is 2.58. The van der Waals surface area contributed by atoms with Crippen LogP contribution in [0.3, 0.4) is 0 Å². The zero-order chi connectivity index (χ0) is 18.4. The van der Waals surface area contributed by atoms with E-state index in [9.17, 15) is 13.2 Å². The number of anilines is 1. The molecule has 2 N–H and O–H groups in total. The molecule has 0 saturated carbocycles. The van der Waals surface area contributed by atoms with Gasteiger partial charge in [0.05, 0.1) is 4.90 Å². The molecule has 2 aromatic carbocycles. The van der Waals surface area contributed by atoms with E-state index in [0.29, 0.717) is 18.0 Å². The molecule has 0 aromatic heterocycles. The maximum absolute atomic E-state index is 12.3. The fraction of sp³-hybridized carbons (Fsp3) is 0.316. The Bertz CT molecular complexity index is 800. The molecule has 134 valence electrons. The van der Waals surface area contributed by atoms with Crippen LogP contribution in [0.15, 0.2) is 59.5 Å². The highest BCUT2D eigenvalue weighted by atomic mass is 32.2. The van der Waals surface area contributed by atoms with Gasteiger partial charge in [-0.2, -0.15) is 0 Å². The van der Waals surface area contributed by atoms with Gasteiger partial charge in [0.15, 0.2) is 9.84 Å². The predicted octanol–water partition coefficient (Wildman–Crippen LogP) is 2.96. The van der Waals surface area contributed by atoms with Crippen LogP contribution in [-0.4, -0.2) is 33.2 Å². The van der Waals surface area contributed by atoms with Crippen molar-refractivity contribution in [3.8, 4) is 0 Å². The van der Waals surface area contributed by atoms with Gasteiger partial charge in [-0.3, -0.25) is 4.79 Å². The highest BCUT2D eigenvalue weighted by molar-refractivity contribution is 7.90. The molecule has 0 aliphatic heterocycles. The summed E-state index contributed by atoms with van der Waals surface area (Å²) in [6, 6.07) is 15.9. The molecule has 0 aliphatic carbocycles. The van der Waals surface area contributed by atoms with Crippen LogP contribution < -0.4 is 10.6 Å². The van der Waals surface area contributed by atoms with E-state index < -0.39 is 9.84 Å². The number of benzene rings is 2. The molecule has 2 rings (SSSR count). The predicted molar refractivity (Wildman–Crippen MR) is 101 cm³/mol. The Morgan fingerprint density at radius 1 is 1.00 bits per heavy atom. The van der Waals surface area contributed by atoms with Crippen LogP contribution in [0.2, 0.25) is 0 Å². The van der Waals surface area contributed by atoms with Crippen LogP contribution in [0.4, 0.5) is 5.69 Å². The number of carbonyl (C=O) groups excluding carboxylic acids is 1. The van der Waals surface area contributed by atoms with Crippen molar-refractivity contribution in [3.05, 3.63) is 60.2 Å². The lowest BCUT2D eigenvalue weighted by atomic mass is 10.0. The van der Waals surface area contributed by atoms with Crippen molar-refractivity contribution in [2.24, 2.45) is 5.92 Å². The molecule has 0 spiro atoms. The van der Waals surface area contributed by atoms with Gasteiger partial charge in [-0.05, 0) is 42.3 Å². The van der Waals surface area contributed by atoms with Gasteiger partial charge < -0.3 is 10.6 Å². The third kappa shape index (κ3) is 5.60. The van der Waals surface area contributed by atoms with E-state index in [-0.39, 0.29) is 16.8 Å². The zero-order valence-electron chi connectivity index (χ0n) is 14.7. The number of sulfone groups is 1. The molecule has 1 amide bonds. The summed E-state index contributed by atoms with van der Waals surface area (Å²) >= 11 is 0. The molecule has 25 heavy (non-hydrogen) atoms. The van der Waals surface area contributed by atoms with Crippen LogP contribution in [0, 0.1) is 5.92 Å². The molecule has 0 bridgehead atoms. The number of carbonyl (C=O) groups is 1. The molecule has 0 radical (unpaired) electrons. The van der Waals surface area contributed by atoms with Gasteiger partial charge in [-0.1, -0.05) is 32.0 Å². The highest BCUT2D eigenvalue weighted by Crippen LogP contribution is 2.13. The molecule has 0 heterocycles. The van der Waals surface area contributed by atoms with Crippen molar-refractivity contribution in [3.63, 3.8) is 0 Å². The van der Waals surface area contributed by atoms with Gasteiger partial charge in [0, 0.05) is 30.1 Å². The molecule has 1 atom stereocenters. The van der Waals surface area contributed by atoms with Crippen LogP contribution >= 0.6 is 0 Å². The van der Waals surface area contributed by atoms with Crippen LogP contribution in [0.1, 0.15) is 24.2 Å². The van der Waals surface area contributed by atoms with Crippen LogP contribution in [-0.2, 0) is 9.84 Å². The molecule has 6 heteroatoms. The first-order valence-corrected chi connectivity index (χ1v) is 10.1. The largest absolute Gasteiger partial charge is 0.380 e. The maximum Gasteiger partial charge on any atom is 0.251 e. The molecular formula is C19H24N2O3S. The number of hydrogen-bond acceptors (Lipinski definition) is 4. The lowest BCUT2D eigenvalue weighted by Gasteiger charge is -2.24. The quantitative estimate of drug-likeness (QED) is 0.796. The first kappa shape index (κ1) is 19.0. The third-order valence-electron chi connectivity index (χ3n) is 3.96. The topological polar surface area (TPSA) is 75.3 Å². The monoisotopic (exact) mass is 360 g/mol. The van der Waals surface area contributed by atoms with Crippen molar-refractivity contribution in [2.75, 3.05) is 18.1 Å². The van der Waals surface area contributed by atoms with Gasteiger partial charge in [-0.15, -0.1) is 0 Å². The average molecular weight is 360 g/mol. The molecule has 2 aromatic rings. The number of para-hydroxylation sites is 1. The summed E-state index contributed by atoms with van der Waals surface area (Å²) in [5.41, 5.74) is 1.45. The third-order valence-corrected chi connectivity index (χ3v) is 5.09.